The van der Waals surface area contributed by atoms with E-state index in [1.807, 2.05) is 0 Å². The summed E-state index contributed by atoms with van der Waals surface area (Å²) in [5.74, 6) is -0.283. The second kappa shape index (κ2) is 29.9. The molecule has 41 heavy (non-hydrogen) atoms. The molecule has 0 saturated heterocycles. The van der Waals surface area contributed by atoms with Gasteiger partial charge in [0.25, 0.3) is 0 Å². The summed E-state index contributed by atoms with van der Waals surface area (Å²) >= 11 is 0. The highest BCUT2D eigenvalue weighted by atomic mass is 16.6. The van der Waals surface area contributed by atoms with Crippen LogP contribution in [0.25, 0.3) is 0 Å². The fraction of sp³-hybridized carbons (Fsp3) is 0.914. The molecule has 0 fully saturated rings. The number of esters is 3. The van der Waals surface area contributed by atoms with Gasteiger partial charge in [0, 0.05) is 19.3 Å². The van der Waals surface area contributed by atoms with E-state index < -0.39 is 6.10 Å². The van der Waals surface area contributed by atoms with E-state index in [2.05, 4.69) is 27.7 Å². The van der Waals surface area contributed by atoms with Crippen LogP contribution in [0.4, 0.5) is 0 Å². The third kappa shape index (κ3) is 29.7. The van der Waals surface area contributed by atoms with Crippen LogP contribution in [0, 0.1) is 5.92 Å². The van der Waals surface area contributed by atoms with E-state index in [0.717, 1.165) is 57.8 Å². The smallest absolute Gasteiger partial charge is 0.306 e. The van der Waals surface area contributed by atoms with Crippen LogP contribution in [0.1, 0.15) is 182 Å². The molecule has 0 radical (unpaired) electrons. The summed E-state index contributed by atoms with van der Waals surface area (Å²) in [6.07, 6.45) is 24.4. The van der Waals surface area contributed by atoms with Crippen LogP contribution in [0.5, 0.6) is 0 Å². The Kier molecular flexibility index (Phi) is 28.7. The van der Waals surface area contributed by atoms with E-state index in [0.29, 0.717) is 25.2 Å². The quantitative estimate of drug-likeness (QED) is 0.0476. The topological polar surface area (TPSA) is 78.9 Å². The second-order valence-electron chi connectivity index (χ2n) is 12.3. The molecule has 0 heterocycles. The Bertz CT molecular complexity index is 618. The number of unbranched alkanes of at least 4 members (excludes halogenated alkanes) is 17. The molecular weight excluding hydrogens is 516 g/mol. The SMILES string of the molecule is CCCCCCCCCCCC(=O)OCC(COC(=O)CCCCC(C)C)OC(=O)CCCCCCCCCCC. The largest absolute Gasteiger partial charge is 0.462 e. The molecule has 6 nitrogen and oxygen atoms in total. The van der Waals surface area contributed by atoms with Crippen molar-refractivity contribution < 1.29 is 28.6 Å². The zero-order valence-corrected chi connectivity index (χ0v) is 27.5. The lowest BCUT2D eigenvalue weighted by molar-refractivity contribution is -0.167. The molecule has 0 rings (SSSR count). The van der Waals surface area contributed by atoms with Crippen molar-refractivity contribution in [1.29, 1.82) is 0 Å². The van der Waals surface area contributed by atoms with Gasteiger partial charge < -0.3 is 14.2 Å². The molecule has 0 spiro atoms. The van der Waals surface area contributed by atoms with Crippen LogP contribution in [-0.2, 0) is 28.6 Å². The zero-order valence-electron chi connectivity index (χ0n) is 27.5. The standard InChI is InChI=1S/C35H66O6/c1-5-7-9-11-13-15-17-19-21-26-33(36)39-29-32(30-40-34(37)27-24-23-25-31(3)4)41-35(38)28-22-20-18-16-14-12-10-8-6-2/h31-32H,5-30H2,1-4H3. The molecule has 1 unspecified atom stereocenters. The Morgan fingerprint density at radius 1 is 0.463 bits per heavy atom. The van der Waals surface area contributed by atoms with Crippen molar-refractivity contribution in [1.82, 2.24) is 0 Å². The van der Waals surface area contributed by atoms with Gasteiger partial charge >= 0.3 is 17.9 Å². The minimum absolute atomic E-state index is 0.0691. The van der Waals surface area contributed by atoms with Crippen molar-refractivity contribution in [2.75, 3.05) is 13.2 Å². The number of hydrogen-bond acceptors (Lipinski definition) is 6. The van der Waals surface area contributed by atoms with Crippen molar-refractivity contribution in [3.8, 4) is 0 Å². The molecule has 0 N–H and O–H groups in total. The molecule has 0 aromatic heterocycles. The summed E-state index contributed by atoms with van der Waals surface area (Å²) in [5.41, 5.74) is 0. The minimum atomic E-state index is -0.757. The Labute approximate surface area is 253 Å². The maximum absolute atomic E-state index is 12.5. The number of rotatable bonds is 30. The van der Waals surface area contributed by atoms with Gasteiger partial charge in [-0.1, -0.05) is 143 Å². The number of carbonyl (C=O) groups is 3. The van der Waals surface area contributed by atoms with E-state index in [1.165, 1.54) is 77.0 Å². The van der Waals surface area contributed by atoms with Crippen LogP contribution >= 0.6 is 0 Å². The van der Waals surface area contributed by atoms with Gasteiger partial charge in [-0.2, -0.15) is 0 Å². The summed E-state index contributed by atoms with van der Waals surface area (Å²) in [4.78, 5) is 37.0. The van der Waals surface area contributed by atoms with Crippen LogP contribution in [-0.4, -0.2) is 37.2 Å². The molecule has 242 valence electrons. The van der Waals surface area contributed by atoms with Gasteiger partial charge in [-0.25, -0.2) is 0 Å². The Balaban J connectivity index is 4.33. The summed E-state index contributed by atoms with van der Waals surface area (Å²) in [6.45, 7) is 8.65. The average Bonchev–Trinajstić information content (AvgIpc) is 2.94. The first-order chi connectivity index (χ1) is 19.9. The van der Waals surface area contributed by atoms with E-state index in [9.17, 15) is 14.4 Å². The highest BCUT2D eigenvalue weighted by molar-refractivity contribution is 5.71. The van der Waals surface area contributed by atoms with Gasteiger partial charge in [-0.3, -0.25) is 14.4 Å². The highest BCUT2D eigenvalue weighted by Gasteiger charge is 2.19. The summed E-state index contributed by atoms with van der Waals surface area (Å²) in [7, 11) is 0. The van der Waals surface area contributed by atoms with Crippen molar-refractivity contribution in [2.24, 2.45) is 5.92 Å². The zero-order chi connectivity index (χ0) is 30.4. The van der Waals surface area contributed by atoms with Gasteiger partial charge in [0.05, 0.1) is 0 Å². The van der Waals surface area contributed by atoms with E-state index >= 15 is 0 Å². The van der Waals surface area contributed by atoms with Crippen molar-refractivity contribution in [3.05, 3.63) is 0 Å². The van der Waals surface area contributed by atoms with E-state index in [4.69, 9.17) is 14.2 Å². The molecule has 0 bridgehead atoms. The second-order valence-corrected chi connectivity index (χ2v) is 12.3. The van der Waals surface area contributed by atoms with Crippen molar-refractivity contribution in [2.45, 2.75) is 188 Å². The molecule has 0 aliphatic rings. The molecule has 1 atom stereocenters. The highest BCUT2D eigenvalue weighted by Crippen LogP contribution is 2.13. The Morgan fingerprint density at radius 3 is 1.20 bits per heavy atom. The number of ether oxygens (including phenoxy) is 3. The Hall–Kier alpha value is -1.59. The Morgan fingerprint density at radius 2 is 0.805 bits per heavy atom. The van der Waals surface area contributed by atoms with E-state index in [-0.39, 0.29) is 31.1 Å². The fourth-order valence-corrected chi connectivity index (χ4v) is 4.86. The lowest BCUT2D eigenvalue weighted by Crippen LogP contribution is -2.30. The van der Waals surface area contributed by atoms with Gasteiger partial charge in [0.2, 0.25) is 0 Å². The molecule has 0 saturated carbocycles. The molecule has 0 aliphatic heterocycles. The fourth-order valence-electron chi connectivity index (χ4n) is 4.86. The van der Waals surface area contributed by atoms with Gasteiger partial charge in [-0.15, -0.1) is 0 Å². The summed E-state index contributed by atoms with van der Waals surface area (Å²) in [6, 6.07) is 0. The molecule has 0 aliphatic carbocycles. The maximum Gasteiger partial charge on any atom is 0.306 e. The van der Waals surface area contributed by atoms with Crippen LogP contribution in [0.15, 0.2) is 0 Å². The minimum Gasteiger partial charge on any atom is -0.462 e. The van der Waals surface area contributed by atoms with Crippen molar-refractivity contribution in [3.63, 3.8) is 0 Å². The summed E-state index contributed by atoms with van der Waals surface area (Å²) < 4.78 is 16.4. The third-order valence-corrected chi connectivity index (χ3v) is 7.54. The predicted octanol–water partition coefficient (Wildman–Crippen LogP) is 10.0. The molecular formula is C35H66O6. The monoisotopic (exact) mass is 582 g/mol. The summed E-state index contributed by atoms with van der Waals surface area (Å²) in [5, 5.41) is 0. The average molecular weight is 583 g/mol. The lowest BCUT2D eigenvalue weighted by atomic mass is 10.1. The number of carbonyl (C=O) groups excluding carboxylic acids is 3. The van der Waals surface area contributed by atoms with E-state index in [1.54, 1.807) is 0 Å². The first kappa shape index (κ1) is 39.4. The van der Waals surface area contributed by atoms with Gasteiger partial charge in [0.15, 0.2) is 6.10 Å². The molecule has 0 amide bonds. The number of hydrogen-bond donors (Lipinski definition) is 0. The van der Waals surface area contributed by atoms with Crippen LogP contribution < -0.4 is 0 Å². The predicted molar refractivity (Wildman–Crippen MR) is 169 cm³/mol. The van der Waals surface area contributed by atoms with Crippen molar-refractivity contribution >= 4 is 17.9 Å². The van der Waals surface area contributed by atoms with Crippen LogP contribution in [0.2, 0.25) is 0 Å². The third-order valence-electron chi connectivity index (χ3n) is 7.54. The maximum atomic E-state index is 12.5. The van der Waals surface area contributed by atoms with Crippen LogP contribution in [0.3, 0.4) is 0 Å². The van der Waals surface area contributed by atoms with Gasteiger partial charge in [0.1, 0.15) is 13.2 Å². The molecule has 0 aromatic carbocycles. The van der Waals surface area contributed by atoms with Gasteiger partial charge in [-0.05, 0) is 25.2 Å². The first-order valence-electron chi connectivity index (χ1n) is 17.4. The molecule has 6 heteroatoms. The normalized spacial score (nSPS) is 11.9. The first-order valence-corrected chi connectivity index (χ1v) is 17.4. The molecule has 0 aromatic rings. The lowest BCUT2D eigenvalue weighted by Gasteiger charge is -2.18.